The number of rotatable bonds is 0. The minimum atomic E-state index is -0.250. The fourth-order valence-electron chi connectivity index (χ4n) is 0.348. The predicted octanol–water partition coefficient (Wildman–Crippen LogP) is -0.658. The van der Waals surface area contributed by atoms with Crippen molar-refractivity contribution < 1.29 is 9.90 Å². The molecule has 1 rings (SSSR count). The first-order valence-corrected chi connectivity index (χ1v) is 2.61. The van der Waals surface area contributed by atoms with Gasteiger partial charge in [-0.1, -0.05) is 0 Å². The predicted molar refractivity (Wildman–Crippen MR) is 39.5 cm³/mol. The van der Waals surface area contributed by atoms with Crippen molar-refractivity contribution in [3.8, 4) is 0 Å². The lowest BCUT2D eigenvalue weighted by atomic mass is 10.6. The monoisotopic (exact) mass is 156 g/mol. The van der Waals surface area contributed by atoms with Crippen LogP contribution in [0.3, 0.4) is 0 Å². The second-order valence-electron chi connectivity index (χ2n) is 1.48. The summed E-state index contributed by atoms with van der Waals surface area (Å²) in [6, 6.07) is 0. The molecule has 6 nitrogen and oxygen atoms in total. The van der Waals surface area contributed by atoms with E-state index in [9.17, 15) is 0 Å². The second-order valence-corrected chi connectivity index (χ2v) is 1.48. The smallest absolute Gasteiger partial charge is 0.290 e. The normalized spacial score (nSPS) is 7.64. The van der Waals surface area contributed by atoms with E-state index in [2.05, 4.69) is 9.97 Å². The zero-order valence-electron chi connectivity index (χ0n) is 5.64. The molecule has 0 aromatic carbocycles. The Morgan fingerprint density at radius 3 is 2.00 bits per heavy atom. The molecule has 0 aliphatic carbocycles. The summed E-state index contributed by atoms with van der Waals surface area (Å²) >= 11 is 0. The van der Waals surface area contributed by atoms with Crippen LogP contribution in [0.15, 0.2) is 12.4 Å². The molecule has 1 aromatic rings. The van der Waals surface area contributed by atoms with E-state index in [-0.39, 0.29) is 12.4 Å². The van der Waals surface area contributed by atoms with Crippen molar-refractivity contribution in [2.45, 2.75) is 0 Å². The maximum Gasteiger partial charge on any atom is 0.290 e. The van der Waals surface area contributed by atoms with Gasteiger partial charge in [0.05, 0.1) is 18.1 Å². The summed E-state index contributed by atoms with van der Waals surface area (Å²) < 4.78 is 0. The Hall–Kier alpha value is -1.85. The molecule has 60 valence electrons. The molecule has 5 N–H and O–H groups in total. The van der Waals surface area contributed by atoms with Crippen LogP contribution in [0.5, 0.6) is 0 Å². The second kappa shape index (κ2) is 4.98. The van der Waals surface area contributed by atoms with Gasteiger partial charge in [0.25, 0.3) is 6.47 Å². The molecule has 0 saturated heterocycles. The van der Waals surface area contributed by atoms with Crippen LogP contribution >= 0.6 is 0 Å². The van der Waals surface area contributed by atoms with Gasteiger partial charge in [-0.2, -0.15) is 0 Å². The van der Waals surface area contributed by atoms with Crippen LogP contribution in [0.25, 0.3) is 0 Å². The molecule has 11 heavy (non-hydrogen) atoms. The maximum atomic E-state index is 8.36. The number of nitrogen functional groups attached to an aromatic ring is 2. The Morgan fingerprint density at radius 2 is 1.73 bits per heavy atom. The Balaban J connectivity index is 0.000000292. The van der Waals surface area contributed by atoms with Crippen molar-refractivity contribution in [2.24, 2.45) is 0 Å². The number of anilines is 2. The lowest BCUT2D eigenvalue weighted by Gasteiger charge is -1.88. The highest BCUT2D eigenvalue weighted by Crippen LogP contribution is 1.94. The van der Waals surface area contributed by atoms with Gasteiger partial charge in [-0.05, 0) is 0 Å². The van der Waals surface area contributed by atoms with E-state index in [1.54, 1.807) is 0 Å². The third kappa shape index (κ3) is 4.64. The number of hydrogen-bond donors (Lipinski definition) is 3. The molecule has 0 saturated carbocycles. The average molecular weight is 156 g/mol. The van der Waals surface area contributed by atoms with E-state index in [0.717, 1.165) is 0 Å². The number of nitrogens with two attached hydrogens (primary N) is 2. The maximum absolute atomic E-state index is 8.36. The van der Waals surface area contributed by atoms with Gasteiger partial charge >= 0.3 is 0 Å². The summed E-state index contributed by atoms with van der Waals surface area (Å²) in [5.41, 5.74) is 10.9. The highest BCUT2D eigenvalue weighted by Gasteiger charge is 1.83. The van der Waals surface area contributed by atoms with E-state index in [0.29, 0.717) is 5.69 Å². The molecule has 0 unspecified atom stereocenters. The van der Waals surface area contributed by atoms with Crippen molar-refractivity contribution in [1.29, 1.82) is 0 Å². The number of carboxylic acid groups (broad SMARTS) is 1. The van der Waals surface area contributed by atoms with Crippen molar-refractivity contribution in [3.05, 3.63) is 12.4 Å². The number of nitrogens with zero attached hydrogens (tertiary/aromatic N) is 2. The molecule has 0 amide bonds. The lowest BCUT2D eigenvalue weighted by molar-refractivity contribution is -0.122. The van der Waals surface area contributed by atoms with Crippen LogP contribution in [0.2, 0.25) is 0 Å². The zero-order chi connectivity index (χ0) is 8.69. The molecule has 0 aliphatic heterocycles. The molecular weight excluding hydrogens is 148 g/mol. The Kier molecular flexibility index (Phi) is 4.14. The topological polar surface area (TPSA) is 115 Å². The first-order chi connectivity index (χ1) is 5.20. The van der Waals surface area contributed by atoms with Crippen molar-refractivity contribution in [2.75, 3.05) is 11.5 Å². The third-order valence-corrected chi connectivity index (χ3v) is 0.692. The largest absolute Gasteiger partial charge is 0.483 e. The summed E-state index contributed by atoms with van der Waals surface area (Å²) in [6.45, 7) is -0.250. The van der Waals surface area contributed by atoms with E-state index in [1.165, 1.54) is 12.4 Å². The number of carbonyl (C=O) groups is 1. The zero-order valence-corrected chi connectivity index (χ0v) is 5.64. The van der Waals surface area contributed by atoms with Gasteiger partial charge in [0.1, 0.15) is 0 Å². The number of aromatic nitrogens is 2. The molecular formula is C5H8N4O2. The van der Waals surface area contributed by atoms with Crippen LogP contribution in [-0.2, 0) is 4.79 Å². The van der Waals surface area contributed by atoms with Crippen LogP contribution in [0.1, 0.15) is 0 Å². The van der Waals surface area contributed by atoms with Gasteiger partial charge in [-0.3, -0.25) is 4.79 Å². The summed E-state index contributed by atoms with van der Waals surface area (Å²) in [5.74, 6) is 0.249. The number of hydrogen-bond acceptors (Lipinski definition) is 5. The summed E-state index contributed by atoms with van der Waals surface area (Å²) in [7, 11) is 0. The minimum absolute atomic E-state index is 0.249. The average Bonchev–Trinajstić information content (AvgIpc) is 1.97. The summed E-state index contributed by atoms with van der Waals surface area (Å²) in [6.07, 6.45) is 2.92. The van der Waals surface area contributed by atoms with Crippen LogP contribution in [-0.4, -0.2) is 21.5 Å². The fraction of sp³-hybridized carbons (Fsp3) is 0. The van der Waals surface area contributed by atoms with Crippen molar-refractivity contribution in [3.63, 3.8) is 0 Å². The standard InChI is InChI=1S/C4H6N4.CH2O2/c5-3-1-7-4(6)8-2-3;2-1-3/h1-2H,5H2,(H2,6,7,8);1H,(H,2,3). The van der Waals surface area contributed by atoms with Gasteiger partial charge in [0.2, 0.25) is 5.95 Å². The SMILES string of the molecule is Nc1cnc(N)nc1.O=CO. The molecule has 1 heterocycles. The Labute approximate surface area is 62.9 Å². The van der Waals surface area contributed by atoms with Gasteiger partial charge < -0.3 is 16.6 Å². The first-order valence-electron chi connectivity index (χ1n) is 2.61. The highest BCUT2D eigenvalue weighted by atomic mass is 16.3. The lowest BCUT2D eigenvalue weighted by Crippen LogP contribution is -1.94. The molecule has 6 heteroatoms. The molecule has 0 atom stereocenters. The first kappa shape index (κ1) is 9.15. The Bertz CT molecular complexity index is 189. The van der Waals surface area contributed by atoms with E-state index >= 15 is 0 Å². The third-order valence-electron chi connectivity index (χ3n) is 0.692. The van der Waals surface area contributed by atoms with Gasteiger partial charge in [0.15, 0.2) is 0 Å². The molecule has 0 aliphatic rings. The summed E-state index contributed by atoms with van der Waals surface area (Å²) in [4.78, 5) is 15.6. The van der Waals surface area contributed by atoms with Gasteiger partial charge in [0, 0.05) is 0 Å². The van der Waals surface area contributed by atoms with Gasteiger partial charge in [-0.25, -0.2) is 9.97 Å². The fourth-order valence-corrected chi connectivity index (χ4v) is 0.348. The highest BCUT2D eigenvalue weighted by molar-refractivity contribution is 5.33. The summed E-state index contributed by atoms with van der Waals surface area (Å²) in [5, 5.41) is 6.89. The van der Waals surface area contributed by atoms with Crippen molar-refractivity contribution >= 4 is 18.1 Å². The van der Waals surface area contributed by atoms with Gasteiger partial charge in [-0.15, -0.1) is 0 Å². The molecule has 0 bridgehead atoms. The Morgan fingerprint density at radius 1 is 1.36 bits per heavy atom. The van der Waals surface area contributed by atoms with E-state index in [4.69, 9.17) is 21.4 Å². The van der Waals surface area contributed by atoms with Crippen molar-refractivity contribution in [1.82, 2.24) is 9.97 Å². The van der Waals surface area contributed by atoms with E-state index in [1.807, 2.05) is 0 Å². The quantitative estimate of drug-likeness (QED) is 0.429. The molecule has 0 radical (unpaired) electrons. The van der Waals surface area contributed by atoms with E-state index < -0.39 is 0 Å². The molecule has 1 aromatic heterocycles. The van der Waals surface area contributed by atoms with Crippen LogP contribution < -0.4 is 11.5 Å². The van der Waals surface area contributed by atoms with Crippen LogP contribution in [0.4, 0.5) is 11.6 Å². The molecule has 0 fully saturated rings. The minimum Gasteiger partial charge on any atom is -0.483 e. The van der Waals surface area contributed by atoms with Crippen LogP contribution in [0, 0.1) is 0 Å². The molecule has 0 spiro atoms.